The standard InChI is InChI=1S/C17H14BrN3OS/c18-13-5-3-4-12(10-13)7-8-16(22)21-17-20-15(11-23-17)14-6-1-2-9-19-14/h1-6,9-11H,7-8H2,(H,20,21,22). The largest absolute Gasteiger partial charge is 0.302 e. The number of halogens is 1. The van der Waals surface area contributed by atoms with E-state index in [1.807, 2.05) is 47.8 Å². The Bertz CT molecular complexity index is 804. The summed E-state index contributed by atoms with van der Waals surface area (Å²) in [6, 6.07) is 13.7. The van der Waals surface area contributed by atoms with E-state index in [4.69, 9.17) is 0 Å². The van der Waals surface area contributed by atoms with E-state index in [2.05, 4.69) is 31.2 Å². The molecule has 0 bridgehead atoms. The minimum atomic E-state index is -0.0353. The molecule has 23 heavy (non-hydrogen) atoms. The number of carbonyl (C=O) groups is 1. The van der Waals surface area contributed by atoms with Crippen molar-refractivity contribution in [2.75, 3.05) is 5.32 Å². The van der Waals surface area contributed by atoms with Crippen molar-refractivity contribution in [3.05, 3.63) is 64.1 Å². The number of carbonyl (C=O) groups excluding carboxylic acids is 1. The molecule has 0 fully saturated rings. The molecule has 6 heteroatoms. The van der Waals surface area contributed by atoms with Gasteiger partial charge in [0.1, 0.15) is 5.69 Å². The predicted octanol–water partition coefficient (Wildman–Crippen LogP) is 4.54. The molecule has 2 heterocycles. The summed E-state index contributed by atoms with van der Waals surface area (Å²) in [7, 11) is 0. The molecular weight excluding hydrogens is 374 g/mol. The van der Waals surface area contributed by atoms with Crippen molar-refractivity contribution in [3.63, 3.8) is 0 Å². The van der Waals surface area contributed by atoms with Crippen LogP contribution in [0.2, 0.25) is 0 Å². The van der Waals surface area contributed by atoms with Crippen LogP contribution in [0.1, 0.15) is 12.0 Å². The minimum absolute atomic E-state index is 0.0353. The zero-order valence-electron chi connectivity index (χ0n) is 12.2. The van der Waals surface area contributed by atoms with Crippen molar-refractivity contribution in [3.8, 4) is 11.4 Å². The van der Waals surface area contributed by atoms with Crippen LogP contribution in [0.15, 0.2) is 58.5 Å². The maximum Gasteiger partial charge on any atom is 0.226 e. The normalized spacial score (nSPS) is 10.5. The topological polar surface area (TPSA) is 54.9 Å². The van der Waals surface area contributed by atoms with Gasteiger partial charge >= 0.3 is 0 Å². The second-order valence-electron chi connectivity index (χ2n) is 4.93. The van der Waals surface area contributed by atoms with Gasteiger partial charge < -0.3 is 5.32 Å². The SMILES string of the molecule is O=C(CCc1cccc(Br)c1)Nc1nc(-c2ccccn2)cs1. The lowest BCUT2D eigenvalue weighted by Gasteiger charge is -2.03. The van der Waals surface area contributed by atoms with Gasteiger partial charge in [-0.25, -0.2) is 4.98 Å². The quantitative estimate of drug-likeness (QED) is 0.698. The lowest BCUT2D eigenvalue weighted by atomic mass is 10.1. The Labute approximate surface area is 146 Å². The number of aryl methyl sites for hydroxylation is 1. The molecule has 0 aliphatic heterocycles. The van der Waals surface area contributed by atoms with Gasteiger partial charge in [-0.1, -0.05) is 34.1 Å². The van der Waals surface area contributed by atoms with Gasteiger partial charge in [-0.2, -0.15) is 0 Å². The van der Waals surface area contributed by atoms with Crippen molar-refractivity contribution in [2.24, 2.45) is 0 Å². The molecule has 0 aliphatic carbocycles. The number of nitrogens with zero attached hydrogens (tertiary/aromatic N) is 2. The second kappa shape index (κ2) is 7.48. The van der Waals surface area contributed by atoms with E-state index in [1.165, 1.54) is 11.3 Å². The highest BCUT2D eigenvalue weighted by Gasteiger charge is 2.09. The zero-order valence-corrected chi connectivity index (χ0v) is 14.6. The summed E-state index contributed by atoms with van der Waals surface area (Å²) in [6.07, 6.45) is 2.85. The maximum absolute atomic E-state index is 12.0. The van der Waals surface area contributed by atoms with Crippen molar-refractivity contribution in [1.82, 2.24) is 9.97 Å². The fourth-order valence-electron chi connectivity index (χ4n) is 2.10. The first kappa shape index (κ1) is 15.8. The Morgan fingerprint density at radius 1 is 1.17 bits per heavy atom. The van der Waals surface area contributed by atoms with Gasteiger partial charge in [0.15, 0.2) is 5.13 Å². The van der Waals surface area contributed by atoms with Gasteiger partial charge in [0.05, 0.1) is 5.69 Å². The first-order valence-electron chi connectivity index (χ1n) is 7.12. The smallest absolute Gasteiger partial charge is 0.226 e. The van der Waals surface area contributed by atoms with Crippen LogP contribution in [0.3, 0.4) is 0 Å². The van der Waals surface area contributed by atoms with E-state index < -0.39 is 0 Å². The Kier molecular flexibility index (Phi) is 5.15. The molecule has 0 spiro atoms. The number of thiazole rings is 1. The number of amides is 1. The van der Waals surface area contributed by atoms with Crippen LogP contribution >= 0.6 is 27.3 Å². The lowest BCUT2D eigenvalue weighted by molar-refractivity contribution is -0.116. The van der Waals surface area contributed by atoms with Crippen LogP contribution < -0.4 is 5.32 Å². The second-order valence-corrected chi connectivity index (χ2v) is 6.70. The third-order valence-electron chi connectivity index (χ3n) is 3.21. The molecule has 1 amide bonds. The van der Waals surface area contributed by atoms with Crippen LogP contribution in [-0.4, -0.2) is 15.9 Å². The number of anilines is 1. The minimum Gasteiger partial charge on any atom is -0.302 e. The molecule has 0 aliphatic rings. The Balaban J connectivity index is 1.57. The molecule has 0 saturated carbocycles. The van der Waals surface area contributed by atoms with Gasteiger partial charge in [0.25, 0.3) is 0 Å². The maximum atomic E-state index is 12.0. The van der Waals surface area contributed by atoms with Crippen molar-refractivity contribution in [1.29, 1.82) is 0 Å². The fourth-order valence-corrected chi connectivity index (χ4v) is 3.26. The molecule has 4 nitrogen and oxygen atoms in total. The van der Waals surface area contributed by atoms with Gasteiger partial charge in [-0.3, -0.25) is 9.78 Å². The van der Waals surface area contributed by atoms with Crippen LogP contribution in [0.25, 0.3) is 11.4 Å². The molecule has 0 atom stereocenters. The van der Waals surface area contributed by atoms with Gasteiger partial charge in [0, 0.05) is 22.5 Å². The summed E-state index contributed by atoms with van der Waals surface area (Å²) in [5.41, 5.74) is 2.71. The van der Waals surface area contributed by atoms with Crippen molar-refractivity contribution < 1.29 is 4.79 Å². The molecule has 1 aromatic carbocycles. The van der Waals surface area contributed by atoms with E-state index in [0.29, 0.717) is 18.0 Å². The number of rotatable bonds is 5. The van der Waals surface area contributed by atoms with Crippen molar-refractivity contribution in [2.45, 2.75) is 12.8 Å². The fraction of sp³-hybridized carbons (Fsp3) is 0.118. The third-order valence-corrected chi connectivity index (χ3v) is 4.46. The summed E-state index contributed by atoms with van der Waals surface area (Å²) >= 11 is 4.84. The molecule has 0 saturated heterocycles. The van der Waals surface area contributed by atoms with Crippen LogP contribution in [0.5, 0.6) is 0 Å². The van der Waals surface area contributed by atoms with E-state index in [1.54, 1.807) is 6.20 Å². The highest BCUT2D eigenvalue weighted by molar-refractivity contribution is 9.10. The summed E-state index contributed by atoms with van der Waals surface area (Å²) in [5.74, 6) is -0.0353. The molecule has 116 valence electrons. The predicted molar refractivity (Wildman–Crippen MR) is 96.4 cm³/mol. The Morgan fingerprint density at radius 3 is 2.87 bits per heavy atom. The van der Waals surface area contributed by atoms with Crippen LogP contribution in [0, 0.1) is 0 Å². The summed E-state index contributed by atoms with van der Waals surface area (Å²) in [5, 5.41) is 5.34. The molecule has 2 aromatic heterocycles. The number of hydrogen-bond acceptors (Lipinski definition) is 4. The summed E-state index contributed by atoms with van der Waals surface area (Å²) in [4.78, 5) is 20.7. The van der Waals surface area contributed by atoms with E-state index >= 15 is 0 Å². The summed E-state index contributed by atoms with van der Waals surface area (Å²) < 4.78 is 1.02. The van der Waals surface area contributed by atoms with E-state index in [9.17, 15) is 4.79 Å². The monoisotopic (exact) mass is 387 g/mol. The number of hydrogen-bond donors (Lipinski definition) is 1. The van der Waals surface area contributed by atoms with E-state index in [0.717, 1.165) is 21.4 Å². The molecule has 0 unspecified atom stereocenters. The van der Waals surface area contributed by atoms with Crippen LogP contribution in [0.4, 0.5) is 5.13 Å². The number of aromatic nitrogens is 2. The van der Waals surface area contributed by atoms with Crippen molar-refractivity contribution >= 4 is 38.3 Å². The average Bonchev–Trinajstić information content (AvgIpc) is 3.02. The Hall–Kier alpha value is -2.05. The lowest BCUT2D eigenvalue weighted by Crippen LogP contribution is -2.12. The highest BCUT2D eigenvalue weighted by Crippen LogP contribution is 2.23. The molecular formula is C17H14BrN3OS. The van der Waals surface area contributed by atoms with Gasteiger partial charge in [-0.05, 0) is 36.2 Å². The molecule has 1 N–H and O–H groups in total. The number of benzene rings is 1. The first-order valence-corrected chi connectivity index (χ1v) is 8.79. The highest BCUT2D eigenvalue weighted by atomic mass is 79.9. The number of nitrogens with one attached hydrogen (secondary N) is 1. The first-order chi connectivity index (χ1) is 11.2. The van der Waals surface area contributed by atoms with Crippen LogP contribution in [-0.2, 0) is 11.2 Å². The van der Waals surface area contributed by atoms with Gasteiger partial charge in [0.2, 0.25) is 5.91 Å². The molecule has 3 rings (SSSR count). The zero-order chi connectivity index (χ0) is 16.1. The molecule has 3 aromatic rings. The Morgan fingerprint density at radius 2 is 2.09 bits per heavy atom. The summed E-state index contributed by atoms with van der Waals surface area (Å²) in [6.45, 7) is 0. The van der Waals surface area contributed by atoms with E-state index in [-0.39, 0.29) is 5.91 Å². The average molecular weight is 388 g/mol. The number of pyridine rings is 1. The third kappa shape index (κ3) is 4.46. The van der Waals surface area contributed by atoms with Gasteiger partial charge in [-0.15, -0.1) is 11.3 Å². The molecule has 0 radical (unpaired) electrons.